The van der Waals surface area contributed by atoms with Gasteiger partial charge >= 0.3 is 0 Å². The second kappa shape index (κ2) is 6.37. The lowest BCUT2D eigenvalue weighted by Gasteiger charge is -2.11. The number of halogens is 1. The van der Waals surface area contributed by atoms with Crippen molar-refractivity contribution in [3.8, 4) is 17.2 Å². The third-order valence-electron chi connectivity index (χ3n) is 2.85. The molecule has 0 bridgehead atoms. The van der Waals surface area contributed by atoms with Crippen LogP contribution in [0.5, 0.6) is 17.2 Å². The summed E-state index contributed by atoms with van der Waals surface area (Å²) in [5.74, 6) is 0.634. The molecule has 2 N–H and O–H groups in total. The van der Waals surface area contributed by atoms with Crippen LogP contribution in [-0.2, 0) is 0 Å². The first-order valence-corrected chi connectivity index (χ1v) is 6.45. The van der Waals surface area contributed by atoms with Crippen molar-refractivity contribution >= 4 is 23.2 Å². The van der Waals surface area contributed by atoms with Gasteiger partial charge in [-0.2, -0.15) is 0 Å². The minimum Gasteiger partial charge on any atom is -0.508 e. The Kier molecular flexibility index (Phi) is 4.55. The van der Waals surface area contributed by atoms with Crippen molar-refractivity contribution in [1.29, 1.82) is 0 Å². The zero-order valence-corrected chi connectivity index (χ0v) is 12.3. The predicted octanol–water partition coefficient (Wildman–Crippen LogP) is 3.32. The molecule has 0 atom stereocenters. The van der Waals surface area contributed by atoms with E-state index < -0.39 is 0 Å². The molecule has 0 radical (unpaired) electrons. The lowest BCUT2D eigenvalue weighted by atomic mass is 10.1. The molecule has 0 heterocycles. The highest BCUT2D eigenvalue weighted by molar-refractivity contribution is 6.34. The van der Waals surface area contributed by atoms with E-state index in [4.69, 9.17) is 21.1 Å². The SMILES string of the molecule is COc1ccc(C(=O)Nc2ccc(O)cc2Cl)c(OC)c1. The van der Waals surface area contributed by atoms with Crippen LogP contribution in [0.2, 0.25) is 5.02 Å². The van der Waals surface area contributed by atoms with Crippen molar-refractivity contribution in [3.63, 3.8) is 0 Å². The Morgan fingerprint density at radius 3 is 2.52 bits per heavy atom. The molecule has 6 heteroatoms. The van der Waals surface area contributed by atoms with E-state index in [2.05, 4.69) is 5.32 Å². The van der Waals surface area contributed by atoms with Crippen LogP contribution in [0.25, 0.3) is 0 Å². The highest BCUT2D eigenvalue weighted by Crippen LogP contribution is 2.29. The van der Waals surface area contributed by atoms with E-state index in [-0.39, 0.29) is 16.7 Å². The average Bonchev–Trinajstić information content (AvgIpc) is 2.49. The van der Waals surface area contributed by atoms with E-state index in [1.54, 1.807) is 18.2 Å². The molecule has 0 fully saturated rings. The Morgan fingerprint density at radius 1 is 1.14 bits per heavy atom. The van der Waals surface area contributed by atoms with Crippen LogP contribution < -0.4 is 14.8 Å². The third kappa shape index (κ3) is 3.38. The Bertz CT molecular complexity index is 673. The van der Waals surface area contributed by atoms with Crippen molar-refractivity contribution in [2.24, 2.45) is 0 Å². The maximum atomic E-state index is 12.3. The number of carbonyl (C=O) groups is 1. The molecule has 0 aliphatic heterocycles. The molecule has 21 heavy (non-hydrogen) atoms. The van der Waals surface area contributed by atoms with E-state index in [9.17, 15) is 9.90 Å². The first-order valence-electron chi connectivity index (χ1n) is 6.07. The summed E-state index contributed by atoms with van der Waals surface area (Å²) in [6, 6.07) is 9.19. The summed E-state index contributed by atoms with van der Waals surface area (Å²) in [5.41, 5.74) is 0.750. The van der Waals surface area contributed by atoms with Crippen molar-refractivity contribution < 1.29 is 19.4 Å². The topological polar surface area (TPSA) is 67.8 Å². The molecule has 2 rings (SSSR count). The summed E-state index contributed by atoms with van der Waals surface area (Å²) in [4.78, 5) is 12.3. The van der Waals surface area contributed by atoms with Gasteiger partial charge in [0.25, 0.3) is 5.91 Å². The largest absolute Gasteiger partial charge is 0.508 e. The lowest BCUT2D eigenvalue weighted by Crippen LogP contribution is -2.13. The van der Waals surface area contributed by atoms with Crippen LogP contribution in [-0.4, -0.2) is 25.2 Å². The molecule has 2 aromatic carbocycles. The van der Waals surface area contributed by atoms with E-state index in [0.717, 1.165) is 0 Å². The van der Waals surface area contributed by atoms with Gasteiger partial charge in [0, 0.05) is 12.1 Å². The Morgan fingerprint density at radius 2 is 1.90 bits per heavy atom. The van der Waals surface area contributed by atoms with Gasteiger partial charge < -0.3 is 19.9 Å². The Hall–Kier alpha value is -2.40. The summed E-state index contributed by atoms with van der Waals surface area (Å²) in [5, 5.41) is 12.2. The third-order valence-corrected chi connectivity index (χ3v) is 3.17. The Labute approximate surface area is 127 Å². The number of hydrogen-bond donors (Lipinski definition) is 2. The van der Waals surface area contributed by atoms with Crippen LogP contribution in [0.4, 0.5) is 5.69 Å². The summed E-state index contributed by atoms with van der Waals surface area (Å²) >= 11 is 5.96. The number of rotatable bonds is 4. The minimum atomic E-state index is -0.373. The van der Waals surface area contributed by atoms with Crippen molar-refractivity contribution in [2.75, 3.05) is 19.5 Å². The molecule has 0 aromatic heterocycles. The lowest BCUT2D eigenvalue weighted by molar-refractivity contribution is 0.102. The molecule has 0 unspecified atom stereocenters. The number of aromatic hydroxyl groups is 1. The van der Waals surface area contributed by atoms with Crippen LogP contribution in [0, 0.1) is 0 Å². The van der Waals surface area contributed by atoms with Crippen molar-refractivity contribution in [1.82, 2.24) is 0 Å². The van der Waals surface area contributed by atoms with Gasteiger partial charge in [0.1, 0.15) is 17.2 Å². The number of benzene rings is 2. The normalized spacial score (nSPS) is 10.0. The molecular weight excluding hydrogens is 294 g/mol. The van der Waals surface area contributed by atoms with Crippen molar-refractivity contribution in [2.45, 2.75) is 0 Å². The number of phenols is 1. The van der Waals surface area contributed by atoms with Gasteiger partial charge in [-0.1, -0.05) is 11.6 Å². The van der Waals surface area contributed by atoms with Crippen LogP contribution in [0.3, 0.4) is 0 Å². The fourth-order valence-corrected chi connectivity index (χ4v) is 2.00. The summed E-state index contributed by atoms with van der Waals surface area (Å²) in [7, 11) is 3.00. The second-order valence-electron chi connectivity index (χ2n) is 4.18. The van der Waals surface area contributed by atoms with Crippen LogP contribution in [0.15, 0.2) is 36.4 Å². The van der Waals surface area contributed by atoms with Gasteiger partial charge in [0.05, 0.1) is 30.5 Å². The smallest absolute Gasteiger partial charge is 0.259 e. The van der Waals surface area contributed by atoms with Crippen LogP contribution in [0.1, 0.15) is 10.4 Å². The number of carbonyl (C=O) groups excluding carboxylic acids is 1. The maximum absolute atomic E-state index is 12.3. The van der Waals surface area contributed by atoms with E-state index in [1.807, 2.05) is 0 Å². The first kappa shape index (κ1) is 15.0. The molecule has 0 aliphatic carbocycles. The summed E-state index contributed by atoms with van der Waals surface area (Å²) < 4.78 is 10.3. The number of phenolic OH excluding ortho intramolecular Hbond substituents is 1. The molecular formula is C15H14ClNO4. The summed E-state index contributed by atoms with van der Waals surface area (Å²) in [6.07, 6.45) is 0. The van der Waals surface area contributed by atoms with E-state index in [0.29, 0.717) is 22.7 Å². The van der Waals surface area contributed by atoms with Gasteiger partial charge in [-0.3, -0.25) is 4.79 Å². The first-order chi connectivity index (χ1) is 10.0. The minimum absolute atomic E-state index is 0.0278. The van der Waals surface area contributed by atoms with Crippen LogP contribution >= 0.6 is 11.6 Å². The molecule has 110 valence electrons. The molecule has 0 saturated heterocycles. The predicted molar refractivity (Wildman–Crippen MR) is 80.6 cm³/mol. The number of hydrogen-bond acceptors (Lipinski definition) is 4. The zero-order chi connectivity index (χ0) is 15.4. The number of nitrogens with one attached hydrogen (secondary N) is 1. The van der Waals surface area contributed by atoms with E-state index >= 15 is 0 Å². The Balaban J connectivity index is 2.28. The fourth-order valence-electron chi connectivity index (χ4n) is 1.78. The van der Waals surface area contributed by atoms with E-state index in [1.165, 1.54) is 32.4 Å². The fraction of sp³-hybridized carbons (Fsp3) is 0.133. The van der Waals surface area contributed by atoms with Gasteiger partial charge in [-0.15, -0.1) is 0 Å². The molecule has 5 nitrogen and oxygen atoms in total. The number of amides is 1. The highest BCUT2D eigenvalue weighted by atomic mass is 35.5. The zero-order valence-electron chi connectivity index (χ0n) is 11.5. The number of anilines is 1. The van der Waals surface area contributed by atoms with Gasteiger partial charge in [-0.25, -0.2) is 0 Å². The average molecular weight is 308 g/mol. The van der Waals surface area contributed by atoms with Crippen molar-refractivity contribution in [3.05, 3.63) is 47.0 Å². The molecule has 1 amide bonds. The monoisotopic (exact) mass is 307 g/mol. The second-order valence-corrected chi connectivity index (χ2v) is 4.59. The summed E-state index contributed by atoms with van der Waals surface area (Å²) in [6.45, 7) is 0. The quantitative estimate of drug-likeness (QED) is 0.850. The highest BCUT2D eigenvalue weighted by Gasteiger charge is 2.14. The molecule has 2 aromatic rings. The molecule has 0 aliphatic rings. The molecule has 0 spiro atoms. The number of ether oxygens (including phenoxy) is 2. The van der Waals surface area contributed by atoms with Gasteiger partial charge in [0.15, 0.2) is 0 Å². The molecule has 0 saturated carbocycles. The van der Waals surface area contributed by atoms with Gasteiger partial charge in [-0.05, 0) is 24.3 Å². The maximum Gasteiger partial charge on any atom is 0.259 e. The standard InChI is InChI=1S/C15H14ClNO4/c1-20-10-4-5-11(14(8-10)21-2)15(19)17-13-6-3-9(18)7-12(13)16/h3-8,18H,1-2H3,(H,17,19). The number of methoxy groups -OCH3 is 2. The van der Waals surface area contributed by atoms with Gasteiger partial charge in [0.2, 0.25) is 0 Å².